The van der Waals surface area contributed by atoms with Gasteiger partial charge in [-0.1, -0.05) is 30.3 Å². The summed E-state index contributed by atoms with van der Waals surface area (Å²) in [7, 11) is 0. The number of ether oxygens (including phenoxy) is 1. The van der Waals surface area contributed by atoms with Gasteiger partial charge in [-0.25, -0.2) is 4.57 Å². The van der Waals surface area contributed by atoms with E-state index < -0.39 is 0 Å². The van der Waals surface area contributed by atoms with E-state index in [9.17, 15) is 9.90 Å². The van der Waals surface area contributed by atoms with Crippen LogP contribution in [0.15, 0.2) is 78.8 Å². The number of fused-ring (bicyclic) bond motifs is 1. The largest absolute Gasteiger partial charge is 1.00 e. The molecule has 2 aromatic carbocycles. The van der Waals surface area contributed by atoms with Crippen LogP contribution in [-0.4, -0.2) is 10.9 Å². The zero-order valence-electron chi connectivity index (χ0n) is 13.8. The molecule has 0 atom stereocenters. The predicted octanol–water partition coefficient (Wildman–Crippen LogP) is 0.348. The molecule has 0 radical (unpaired) electrons. The van der Waals surface area contributed by atoms with Crippen LogP contribution in [0.5, 0.6) is 11.5 Å². The van der Waals surface area contributed by atoms with Gasteiger partial charge in [-0.2, -0.15) is 0 Å². The molecule has 0 fully saturated rings. The van der Waals surface area contributed by atoms with Crippen LogP contribution in [0.25, 0.3) is 6.08 Å². The number of ketones is 1. The zero-order valence-corrected chi connectivity index (χ0v) is 14.6. The number of aromatic nitrogens is 1. The molecule has 3 aromatic rings. The molecule has 1 N–H and O–H groups in total. The van der Waals surface area contributed by atoms with Crippen molar-refractivity contribution in [3.8, 4) is 11.5 Å². The number of carbonyl (C=O) groups is 1. The molecule has 26 heavy (non-hydrogen) atoms. The maximum Gasteiger partial charge on any atom is 0.231 e. The van der Waals surface area contributed by atoms with Crippen LogP contribution in [0.1, 0.15) is 21.5 Å². The standard InChI is InChI=1S/C21H15NO3.ClH/c23-17-6-7-18-19(13-17)25-20(21(18)24)12-15-8-10-22(11-9-15)14-16-4-2-1-3-5-16;/h1-13H,14H2;1H. The van der Waals surface area contributed by atoms with Gasteiger partial charge in [-0.05, 0) is 23.8 Å². The molecule has 0 saturated carbocycles. The van der Waals surface area contributed by atoms with E-state index in [-0.39, 0.29) is 29.7 Å². The van der Waals surface area contributed by atoms with Crippen molar-refractivity contribution in [2.75, 3.05) is 0 Å². The van der Waals surface area contributed by atoms with E-state index in [2.05, 4.69) is 16.7 Å². The Kier molecular flexibility index (Phi) is 5.05. The van der Waals surface area contributed by atoms with Gasteiger partial charge in [0.2, 0.25) is 5.78 Å². The van der Waals surface area contributed by atoms with Gasteiger partial charge < -0.3 is 22.3 Å². The third kappa shape index (κ3) is 3.60. The Bertz CT molecular complexity index is 966. The molecule has 4 rings (SSSR count). The smallest absolute Gasteiger partial charge is 0.231 e. The van der Waals surface area contributed by atoms with Crippen molar-refractivity contribution in [3.63, 3.8) is 0 Å². The Balaban J connectivity index is 0.00000196. The van der Waals surface area contributed by atoms with Crippen molar-refractivity contribution in [1.82, 2.24) is 0 Å². The van der Waals surface area contributed by atoms with Crippen LogP contribution >= 0.6 is 0 Å². The number of phenols is 1. The van der Waals surface area contributed by atoms with Crippen molar-refractivity contribution in [2.45, 2.75) is 6.54 Å². The fourth-order valence-electron chi connectivity index (χ4n) is 2.79. The Labute approximate surface area is 157 Å². The summed E-state index contributed by atoms with van der Waals surface area (Å²) in [6, 6.07) is 18.6. The number of allylic oxidation sites excluding steroid dienone is 1. The molecule has 0 aliphatic carbocycles. The Morgan fingerprint density at radius 3 is 2.46 bits per heavy atom. The number of phenolic OH excluding ortho intramolecular Hbond substituents is 1. The topological polar surface area (TPSA) is 50.4 Å². The number of benzene rings is 2. The highest BCUT2D eigenvalue weighted by Crippen LogP contribution is 2.34. The SMILES string of the molecule is O=C1C(=Cc2cc[n+](Cc3ccccc3)cc2)Oc2cc(O)ccc21.[Cl-]. The Hall–Kier alpha value is -3.11. The van der Waals surface area contributed by atoms with Crippen molar-refractivity contribution in [2.24, 2.45) is 0 Å². The van der Waals surface area contributed by atoms with E-state index in [1.165, 1.54) is 17.7 Å². The molecule has 0 bridgehead atoms. The van der Waals surface area contributed by atoms with Crippen molar-refractivity contribution >= 4 is 11.9 Å². The molecule has 1 aliphatic heterocycles. The first-order valence-corrected chi connectivity index (χ1v) is 7.99. The molecule has 4 nitrogen and oxygen atoms in total. The number of aromatic hydroxyl groups is 1. The highest BCUT2D eigenvalue weighted by Gasteiger charge is 2.27. The molecule has 1 aromatic heterocycles. The lowest BCUT2D eigenvalue weighted by Gasteiger charge is -2.00. The molecular weight excluding hydrogens is 350 g/mol. The average molecular weight is 366 g/mol. The monoisotopic (exact) mass is 365 g/mol. The molecule has 0 saturated heterocycles. The summed E-state index contributed by atoms with van der Waals surface area (Å²) < 4.78 is 7.65. The van der Waals surface area contributed by atoms with E-state index in [4.69, 9.17) is 4.74 Å². The molecule has 1 aliphatic rings. The van der Waals surface area contributed by atoms with Crippen molar-refractivity contribution < 1.29 is 31.6 Å². The quantitative estimate of drug-likeness (QED) is 0.538. The number of hydrogen-bond acceptors (Lipinski definition) is 3. The summed E-state index contributed by atoms with van der Waals surface area (Å²) in [6.07, 6.45) is 5.65. The molecule has 2 heterocycles. The molecule has 0 unspecified atom stereocenters. The number of carbonyl (C=O) groups excluding carboxylic acids is 1. The second-order valence-electron chi connectivity index (χ2n) is 5.91. The Morgan fingerprint density at radius 1 is 1.00 bits per heavy atom. The van der Waals surface area contributed by atoms with Crippen molar-refractivity contribution in [3.05, 3.63) is 95.5 Å². The number of hydrogen-bond donors (Lipinski definition) is 1. The van der Waals surface area contributed by atoms with Gasteiger partial charge in [-0.3, -0.25) is 4.79 Å². The van der Waals surface area contributed by atoms with Crippen LogP contribution in [0.4, 0.5) is 0 Å². The lowest BCUT2D eigenvalue weighted by molar-refractivity contribution is -0.688. The first-order valence-electron chi connectivity index (χ1n) is 7.99. The molecule has 5 heteroatoms. The van der Waals surface area contributed by atoms with E-state index in [1.807, 2.05) is 42.7 Å². The highest BCUT2D eigenvalue weighted by atomic mass is 35.5. The van der Waals surface area contributed by atoms with E-state index in [0.29, 0.717) is 11.3 Å². The van der Waals surface area contributed by atoms with Crippen LogP contribution in [0, 0.1) is 0 Å². The number of pyridine rings is 1. The molecular formula is C21H16ClNO3. The number of halogens is 1. The number of Topliss-reactive ketones (excluding diaryl/α,β-unsaturated/α-hetero) is 1. The van der Waals surface area contributed by atoms with Crippen LogP contribution in [-0.2, 0) is 6.54 Å². The minimum atomic E-state index is -0.170. The lowest BCUT2D eigenvalue weighted by Crippen LogP contribution is -3.00. The fraction of sp³-hybridized carbons (Fsp3) is 0.0476. The average Bonchev–Trinajstić information content (AvgIpc) is 2.92. The second kappa shape index (κ2) is 7.42. The maximum atomic E-state index is 12.3. The fourth-order valence-corrected chi connectivity index (χ4v) is 2.79. The summed E-state index contributed by atoms with van der Waals surface area (Å²) in [5.41, 5.74) is 2.58. The molecule has 0 spiro atoms. The van der Waals surface area contributed by atoms with Crippen molar-refractivity contribution in [1.29, 1.82) is 0 Å². The van der Waals surface area contributed by atoms with E-state index in [1.54, 1.807) is 12.1 Å². The number of rotatable bonds is 3. The van der Waals surface area contributed by atoms with Crippen LogP contribution < -0.4 is 21.7 Å². The third-order valence-corrected chi connectivity index (χ3v) is 4.08. The third-order valence-electron chi connectivity index (χ3n) is 4.08. The first-order chi connectivity index (χ1) is 12.2. The number of nitrogens with zero attached hydrogens (tertiary/aromatic N) is 1. The van der Waals surface area contributed by atoms with Gasteiger partial charge in [0.25, 0.3) is 0 Å². The second-order valence-corrected chi connectivity index (χ2v) is 5.91. The lowest BCUT2D eigenvalue weighted by atomic mass is 10.1. The van der Waals surface area contributed by atoms with Gasteiger partial charge in [0.15, 0.2) is 24.7 Å². The summed E-state index contributed by atoms with van der Waals surface area (Å²) in [6.45, 7) is 0.790. The van der Waals surface area contributed by atoms with Gasteiger partial charge in [0.05, 0.1) is 5.56 Å². The zero-order chi connectivity index (χ0) is 17.2. The minimum Gasteiger partial charge on any atom is -1.00 e. The Morgan fingerprint density at radius 2 is 1.73 bits per heavy atom. The van der Waals surface area contributed by atoms with Gasteiger partial charge in [-0.15, -0.1) is 0 Å². The summed E-state index contributed by atoms with van der Waals surface area (Å²) in [5.74, 6) is 0.568. The maximum absolute atomic E-state index is 12.3. The normalized spacial score (nSPS) is 13.8. The van der Waals surface area contributed by atoms with E-state index >= 15 is 0 Å². The van der Waals surface area contributed by atoms with Crippen LogP contribution in [0.2, 0.25) is 0 Å². The molecule has 130 valence electrons. The minimum absolute atomic E-state index is 0. The van der Waals surface area contributed by atoms with Gasteiger partial charge >= 0.3 is 0 Å². The van der Waals surface area contributed by atoms with Crippen LogP contribution in [0.3, 0.4) is 0 Å². The molecule has 0 amide bonds. The summed E-state index contributed by atoms with van der Waals surface area (Å²) >= 11 is 0. The summed E-state index contributed by atoms with van der Waals surface area (Å²) in [5, 5.41) is 9.50. The predicted molar refractivity (Wildman–Crippen MR) is 93.2 cm³/mol. The van der Waals surface area contributed by atoms with E-state index in [0.717, 1.165) is 12.1 Å². The first kappa shape index (κ1) is 17.7. The highest BCUT2D eigenvalue weighted by molar-refractivity contribution is 6.14. The summed E-state index contributed by atoms with van der Waals surface area (Å²) in [4.78, 5) is 12.3. The van der Waals surface area contributed by atoms with Gasteiger partial charge in [0.1, 0.15) is 11.5 Å². The van der Waals surface area contributed by atoms with Gasteiger partial charge in [0, 0.05) is 23.8 Å².